The molecule has 0 atom stereocenters. The molecular formula is C18H13N3O6. The van der Waals surface area contributed by atoms with Crippen LogP contribution >= 0.6 is 0 Å². The minimum atomic E-state index is -0.691. The number of aryl methyl sites for hydroxylation is 1. The number of aromatic nitrogens is 1. The van der Waals surface area contributed by atoms with Gasteiger partial charge in [0, 0.05) is 29.4 Å². The van der Waals surface area contributed by atoms with Gasteiger partial charge in [0.1, 0.15) is 5.75 Å². The van der Waals surface area contributed by atoms with Crippen molar-refractivity contribution in [3.05, 3.63) is 81.7 Å². The van der Waals surface area contributed by atoms with E-state index in [-0.39, 0.29) is 22.8 Å². The molecule has 1 N–H and O–H groups in total. The van der Waals surface area contributed by atoms with E-state index in [0.717, 1.165) is 0 Å². The molecule has 0 bridgehead atoms. The number of carbonyl (C=O) groups excluding carboxylic acids is 2. The van der Waals surface area contributed by atoms with Crippen LogP contribution in [0.4, 0.5) is 11.4 Å². The molecule has 0 aliphatic heterocycles. The number of nitrogens with zero attached hydrogens (tertiary/aromatic N) is 2. The van der Waals surface area contributed by atoms with Crippen LogP contribution in [0.5, 0.6) is 5.75 Å². The maximum Gasteiger partial charge on any atom is 0.382 e. The van der Waals surface area contributed by atoms with Crippen LogP contribution in [-0.4, -0.2) is 22.0 Å². The largest absolute Gasteiger partial charge is 0.421 e. The number of nitrogens with one attached hydrogen (secondary N) is 1. The van der Waals surface area contributed by atoms with Gasteiger partial charge in [0.05, 0.1) is 10.6 Å². The Bertz CT molecular complexity index is 1010. The number of esters is 1. The van der Waals surface area contributed by atoms with Crippen LogP contribution in [0.2, 0.25) is 0 Å². The van der Waals surface area contributed by atoms with Crippen molar-refractivity contribution in [3.63, 3.8) is 0 Å². The SMILES string of the molecule is Cc1cc(C(=O)Oc2ccc(NC(=O)c3cccc([N+](=O)[O-])c3)cc2)on1. The molecule has 0 spiro atoms. The number of hydrogen-bond donors (Lipinski definition) is 1. The van der Waals surface area contributed by atoms with E-state index in [1.165, 1.54) is 54.6 Å². The second-order valence-electron chi connectivity index (χ2n) is 5.51. The van der Waals surface area contributed by atoms with Crippen LogP contribution in [-0.2, 0) is 0 Å². The number of nitro benzene ring substituents is 1. The summed E-state index contributed by atoms with van der Waals surface area (Å²) in [4.78, 5) is 34.3. The minimum absolute atomic E-state index is 0.0180. The van der Waals surface area contributed by atoms with E-state index in [4.69, 9.17) is 9.26 Å². The Labute approximate surface area is 152 Å². The molecule has 9 heteroatoms. The van der Waals surface area contributed by atoms with Crippen molar-refractivity contribution >= 4 is 23.3 Å². The van der Waals surface area contributed by atoms with Crippen LogP contribution in [0.1, 0.15) is 26.6 Å². The fraction of sp³-hybridized carbons (Fsp3) is 0.0556. The molecule has 1 amide bonds. The summed E-state index contributed by atoms with van der Waals surface area (Å²) in [5.74, 6) is -0.956. The van der Waals surface area contributed by atoms with Gasteiger partial charge in [-0.05, 0) is 37.3 Å². The highest BCUT2D eigenvalue weighted by Gasteiger charge is 2.15. The third-order valence-electron chi connectivity index (χ3n) is 3.47. The summed E-state index contributed by atoms with van der Waals surface area (Å²) in [5, 5.41) is 17.0. The molecule has 0 saturated heterocycles. The average Bonchev–Trinajstić information content (AvgIpc) is 3.10. The Kier molecular flexibility index (Phi) is 4.93. The number of ether oxygens (including phenoxy) is 1. The fourth-order valence-electron chi connectivity index (χ4n) is 2.19. The zero-order valence-electron chi connectivity index (χ0n) is 14.0. The van der Waals surface area contributed by atoms with E-state index >= 15 is 0 Å². The monoisotopic (exact) mass is 367 g/mol. The molecule has 0 aliphatic rings. The van der Waals surface area contributed by atoms with Crippen molar-refractivity contribution in [2.24, 2.45) is 0 Å². The highest BCUT2D eigenvalue weighted by Crippen LogP contribution is 2.19. The first-order valence-electron chi connectivity index (χ1n) is 7.74. The van der Waals surface area contributed by atoms with Crippen molar-refractivity contribution in [2.45, 2.75) is 6.92 Å². The number of nitro groups is 1. The zero-order valence-corrected chi connectivity index (χ0v) is 14.0. The first-order valence-corrected chi connectivity index (χ1v) is 7.74. The van der Waals surface area contributed by atoms with E-state index in [0.29, 0.717) is 11.4 Å². The van der Waals surface area contributed by atoms with Crippen LogP contribution in [0.15, 0.2) is 59.1 Å². The van der Waals surface area contributed by atoms with Gasteiger partial charge in [-0.3, -0.25) is 14.9 Å². The van der Waals surface area contributed by atoms with Crippen LogP contribution in [0.3, 0.4) is 0 Å². The van der Waals surface area contributed by atoms with Crippen molar-refractivity contribution in [3.8, 4) is 5.75 Å². The molecule has 3 rings (SSSR count). The summed E-state index contributed by atoms with van der Waals surface area (Å²) in [6.07, 6.45) is 0. The van der Waals surface area contributed by atoms with Gasteiger partial charge in [-0.15, -0.1) is 0 Å². The molecule has 0 aliphatic carbocycles. The third-order valence-corrected chi connectivity index (χ3v) is 3.47. The Balaban J connectivity index is 1.65. The van der Waals surface area contributed by atoms with Crippen molar-refractivity contribution in [1.82, 2.24) is 5.16 Å². The lowest BCUT2D eigenvalue weighted by molar-refractivity contribution is -0.384. The van der Waals surface area contributed by atoms with Gasteiger partial charge in [-0.1, -0.05) is 11.2 Å². The minimum Gasteiger partial charge on any atom is -0.421 e. The molecule has 2 aromatic carbocycles. The topological polar surface area (TPSA) is 125 Å². The molecule has 1 heterocycles. The van der Waals surface area contributed by atoms with Gasteiger partial charge in [-0.25, -0.2) is 4.79 Å². The number of non-ortho nitro benzene ring substituents is 1. The number of benzene rings is 2. The van der Waals surface area contributed by atoms with Crippen LogP contribution in [0.25, 0.3) is 0 Å². The summed E-state index contributed by atoms with van der Waals surface area (Å²) >= 11 is 0. The first kappa shape index (κ1) is 17.8. The van der Waals surface area contributed by atoms with Crippen LogP contribution < -0.4 is 10.1 Å². The molecule has 3 aromatic rings. The molecule has 0 radical (unpaired) electrons. The number of hydrogen-bond acceptors (Lipinski definition) is 7. The van der Waals surface area contributed by atoms with Gasteiger partial charge < -0.3 is 14.6 Å². The molecule has 0 unspecified atom stereocenters. The van der Waals surface area contributed by atoms with Crippen molar-refractivity contribution in [1.29, 1.82) is 0 Å². The van der Waals surface area contributed by atoms with Gasteiger partial charge in [0.2, 0.25) is 5.76 Å². The summed E-state index contributed by atoms with van der Waals surface area (Å²) < 4.78 is 9.96. The van der Waals surface area contributed by atoms with E-state index in [2.05, 4.69) is 10.5 Å². The fourth-order valence-corrected chi connectivity index (χ4v) is 2.19. The lowest BCUT2D eigenvalue weighted by atomic mass is 10.2. The first-order chi connectivity index (χ1) is 12.9. The van der Waals surface area contributed by atoms with Gasteiger partial charge in [0.25, 0.3) is 11.6 Å². The molecule has 136 valence electrons. The molecular weight excluding hydrogens is 354 g/mol. The van der Waals surface area contributed by atoms with Gasteiger partial charge in [0.15, 0.2) is 0 Å². The number of amides is 1. The van der Waals surface area contributed by atoms with E-state index < -0.39 is 16.8 Å². The van der Waals surface area contributed by atoms with Gasteiger partial charge in [-0.2, -0.15) is 0 Å². The quantitative estimate of drug-likeness (QED) is 0.317. The van der Waals surface area contributed by atoms with E-state index in [9.17, 15) is 19.7 Å². The zero-order chi connectivity index (χ0) is 19.4. The van der Waals surface area contributed by atoms with E-state index in [1.54, 1.807) is 6.92 Å². The number of anilines is 1. The van der Waals surface area contributed by atoms with Gasteiger partial charge >= 0.3 is 5.97 Å². The predicted octanol–water partition coefficient (Wildman–Crippen LogP) is 3.36. The Morgan fingerprint density at radius 3 is 2.52 bits per heavy atom. The van der Waals surface area contributed by atoms with Crippen molar-refractivity contribution in [2.75, 3.05) is 5.32 Å². The third kappa shape index (κ3) is 4.34. The molecule has 1 aromatic heterocycles. The molecule has 27 heavy (non-hydrogen) atoms. The molecule has 0 saturated carbocycles. The Morgan fingerprint density at radius 1 is 1.15 bits per heavy atom. The highest BCUT2D eigenvalue weighted by molar-refractivity contribution is 6.04. The van der Waals surface area contributed by atoms with Crippen molar-refractivity contribution < 1.29 is 23.8 Å². The second-order valence-corrected chi connectivity index (χ2v) is 5.51. The second kappa shape index (κ2) is 7.48. The number of rotatable bonds is 5. The summed E-state index contributed by atoms with van der Waals surface area (Å²) in [7, 11) is 0. The predicted molar refractivity (Wildman–Crippen MR) is 93.7 cm³/mol. The molecule has 9 nitrogen and oxygen atoms in total. The summed E-state index contributed by atoms with van der Waals surface area (Å²) in [5.41, 5.74) is 0.968. The lowest BCUT2D eigenvalue weighted by Crippen LogP contribution is -2.12. The Hall–Kier alpha value is -4.01. The average molecular weight is 367 g/mol. The molecule has 0 fully saturated rings. The smallest absolute Gasteiger partial charge is 0.382 e. The standard InChI is InChI=1S/C18H13N3O6/c1-11-9-16(27-20-11)18(23)26-15-7-5-13(6-8-15)19-17(22)12-3-2-4-14(10-12)21(24)25/h2-10H,1H3,(H,19,22). The van der Waals surface area contributed by atoms with Crippen LogP contribution in [0, 0.1) is 17.0 Å². The highest BCUT2D eigenvalue weighted by atomic mass is 16.6. The maximum absolute atomic E-state index is 12.2. The lowest BCUT2D eigenvalue weighted by Gasteiger charge is -2.07. The summed E-state index contributed by atoms with van der Waals surface area (Å²) in [6, 6.07) is 12.9. The summed E-state index contributed by atoms with van der Waals surface area (Å²) in [6.45, 7) is 1.68. The maximum atomic E-state index is 12.2. The Morgan fingerprint density at radius 2 is 1.89 bits per heavy atom. The van der Waals surface area contributed by atoms with E-state index in [1.807, 2.05) is 0 Å². The normalized spacial score (nSPS) is 10.3. The number of carbonyl (C=O) groups is 2.